The van der Waals surface area contributed by atoms with Gasteiger partial charge in [-0.25, -0.2) is 4.79 Å². The number of ether oxygens (including phenoxy) is 1. The van der Waals surface area contributed by atoms with E-state index in [-0.39, 0.29) is 17.1 Å². The third-order valence-corrected chi connectivity index (χ3v) is 3.89. The normalized spacial score (nSPS) is 11.5. The van der Waals surface area contributed by atoms with Gasteiger partial charge in [-0.3, -0.25) is 0 Å². The van der Waals surface area contributed by atoms with Crippen molar-refractivity contribution in [2.45, 2.75) is 6.18 Å². The van der Waals surface area contributed by atoms with Gasteiger partial charge in [-0.1, -0.05) is 48.5 Å². The van der Waals surface area contributed by atoms with Crippen molar-refractivity contribution in [3.8, 4) is 17.0 Å². The molecule has 0 aliphatic carbocycles. The first-order chi connectivity index (χ1) is 13.4. The standard InChI is InChI=1S/C19H11F3N4O2/c20-19(21,22)18-24-23-16-14(12-7-3-1-4-8-12)11-15(25-26(16)18)28-17(27)13-9-5-2-6-10-13/h1-11H. The van der Waals surface area contributed by atoms with Crippen LogP contribution in [0.4, 0.5) is 13.2 Å². The Hall–Kier alpha value is -3.75. The number of benzene rings is 2. The second-order valence-electron chi connectivity index (χ2n) is 5.77. The van der Waals surface area contributed by atoms with Crippen LogP contribution in [-0.2, 0) is 6.18 Å². The molecule has 0 amide bonds. The van der Waals surface area contributed by atoms with Gasteiger partial charge in [0, 0.05) is 11.6 Å². The number of hydrogen-bond donors (Lipinski definition) is 0. The van der Waals surface area contributed by atoms with Crippen molar-refractivity contribution in [3.63, 3.8) is 0 Å². The Labute approximate surface area is 156 Å². The molecule has 9 heteroatoms. The average Bonchev–Trinajstić information content (AvgIpc) is 3.13. The van der Waals surface area contributed by atoms with Gasteiger partial charge >= 0.3 is 12.1 Å². The Balaban J connectivity index is 1.86. The van der Waals surface area contributed by atoms with Crippen LogP contribution in [0.1, 0.15) is 16.2 Å². The molecule has 0 bridgehead atoms. The molecule has 0 fully saturated rings. The van der Waals surface area contributed by atoms with Crippen LogP contribution in [0.5, 0.6) is 5.88 Å². The lowest BCUT2D eigenvalue weighted by Crippen LogP contribution is -2.15. The molecule has 0 N–H and O–H groups in total. The van der Waals surface area contributed by atoms with E-state index in [0.717, 1.165) is 0 Å². The minimum absolute atomic E-state index is 0.0990. The molecule has 2 heterocycles. The Kier molecular flexibility index (Phi) is 4.26. The summed E-state index contributed by atoms with van der Waals surface area (Å²) in [5.41, 5.74) is 1.02. The molecule has 4 rings (SSSR count). The summed E-state index contributed by atoms with van der Waals surface area (Å²) in [6.07, 6.45) is -4.78. The zero-order valence-electron chi connectivity index (χ0n) is 14.1. The smallest absolute Gasteiger partial charge is 0.402 e. The largest absolute Gasteiger partial charge is 0.453 e. The van der Waals surface area contributed by atoms with Crippen molar-refractivity contribution in [2.75, 3.05) is 0 Å². The second kappa shape index (κ2) is 6.76. The molecule has 0 spiro atoms. The van der Waals surface area contributed by atoms with Crippen molar-refractivity contribution >= 4 is 11.6 Å². The average molecular weight is 384 g/mol. The highest BCUT2D eigenvalue weighted by Crippen LogP contribution is 2.32. The van der Waals surface area contributed by atoms with Crippen LogP contribution in [0.15, 0.2) is 66.7 Å². The fourth-order valence-corrected chi connectivity index (χ4v) is 2.64. The van der Waals surface area contributed by atoms with Crippen molar-refractivity contribution in [3.05, 3.63) is 78.1 Å². The molecule has 0 saturated heterocycles. The maximum Gasteiger partial charge on any atom is 0.453 e. The second-order valence-corrected chi connectivity index (χ2v) is 5.77. The van der Waals surface area contributed by atoms with Crippen LogP contribution in [0.2, 0.25) is 0 Å². The summed E-state index contributed by atoms with van der Waals surface area (Å²) in [6, 6.07) is 18.0. The molecule has 0 aliphatic heterocycles. The van der Waals surface area contributed by atoms with Gasteiger partial charge in [0.05, 0.1) is 5.56 Å². The Morgan fingerprint density at radius 1 is 0.929 bits per heavy atom. The van der Waals surface area contributed by atoms with Crippen molar-refractivity contribution in [1.29, 1.82) is 0 Å². The van der Waals surface area contributed by atoms with Gasteiger partial charge in [0.2, 0.25) is 5.88 Å². The van der Waals surface area contributed by atoms with Gasteiger partial charge < -0.3 is 4.74 Å². The predicted octanol–water partition coefficient (Wildman–Crippen LogP) is 4.03. The molecule has 140 valence electrons. The topological polar surface area (TPSA) is 69.4 Å². The number of esters is 1. The van der Waals surface area contributed by atoms with E-state index < -0.39 is 18.0 Å². The highest BCUT2D eigenvalue weighted by Gasteiger charge is 2.38. The van der Waals surface area contributed by atoms with Crippen molar-refractivity contribution < 1.29 is 22.7 Å². The lowest BCUT2D eigenvalue weighted by Gasteiger charge is -2.09. The number of halogens is 3. The Morgan fingerprint density at radius 2 is 1.57 bits per heavy atom. The molecule has 0 saturated carbocycles. The third-order valence-electron chi connectivity index (χ3n) is 3.89. The summed E-state index contributed by atoms with van der Waals surface area (Å²) in [4.78, 5) is 12.3. The van der Waals surface area contributed by atoms with E-state index in [4.69, 9.17) is 4.74 Å². The summed E-state index contributed by atoms with van der Waals surface area (Å²) >= 11 is 0. The number of rotatable bonds is 3. The van der Waals surface area contributed by atoms with E-state index in [1.54, 1.807) is 48.5 Å². The molecule has 0 radical (unpaired) electrons. The quantitative estimate of drug-likeness (QED) is 0.499. The van der Waals surface area contributed by atoms with E-state index in [0.29, 0.717) is 15.6 Å². The SMILES string of the molecule is O=C(Oc1cc(-c2ccccc2)c2nnc(C(F)(F)F)n2n1)c1ccccc1. The van der Waals surface area contributed by atoms with E-state index in [1.807, 2.05) is 0 Å². The van der Waals surface area contributed by atoms with Gasteiger partial charge in [0.1, 0.15) is 0 Å². The van der Waals surface area contributed by atoms with Gasteiger partial charge in [0.25, 0.3) is 5.82 Å². The van der Waals surface area contributed by atoms with E-state index in [2.05, 4.69) is 15.3 Å². The maximum atomic E-state index is 13.3. The van der Waals surface area contributed by atoms with Crippen molar-refractivity contribution in [1.82, 2.24) is 19.8 Å². The monoisotopic (exact) mass is 384 g/mol. The molecule has 28 heavy (non-hydrogen) atoms. The highest BCUT2D eigenvalue weighted by molar-refractivity contribution is 5.91. The lowest BCUT2D eigenvalue weighted by molar-refractivity contribution is -0.146. The first kappa shape index (κ1) is 17.7. The van der Waals surface area contributed by atoms with Crippen LogP contribution in [0.3, 0.4) is 0 Å². The number of nitrogens with zero attached hydrogens (tertiary/aromatic N) is 4. The zero-order chi connectivity index (χ0) is 19.7. The van der Waals surface area contributed by atoms with Crippen LogP contribution >= 0.6 is 0 Å². The number of aromatic nitrogens is 4. The number of hydrogen-bond acceptors (Lipinski definition) is 5. The predicted molar refractivity (Wildman–Crippen MR) is 92.6 cm³/mol. The molecule has 4 aromatic rings. The van der Waals surface area contributed by atoms with E-state index >= 15 is 0 Å². The molecule has 0 aliphatic rings. The minimum Gasteiger partial charge on any atom is -0.402 e. The van der Waals surface area contributed by atoms with E-state index in [1.165, 1.54) is 18.2 Å². The molecular weight excluding hydrogens is 373 g/mol. The molecule has 2 aromatic carbocycles. The van der Waals surface area contributed by atoms with Crippen LogP contribution in [0.25, 0.3) is 16.8 Å². The van der Waals surface area contributed by atoms with Crippen LogP contribution in [0, 0.1) is 0 Å². The first-order valence-corrected chi connectivity index (χ1v) is 8.10. The minimum atomic E-state index is -4.78. The summed E-state index contributed by atoms with van der Waals surface area (Å²) in [5, 5.41) is 10.6. The highest BCUT2D eigenvalue weighted by atomic mass is 19.4. The number of fused-ring (bicyclic) bond motifs is 1. The van der Waals surface area contributed by atoms with Crippen LogP contribution < -0.4 is 4.74 Å². The van der Waals surface area contributed by atoms with Crippen molar-refractivity contribution in [2.24, 2.45) is 0 Å². The third kappa shape index (κ3) is 3.29. The zero-order valence-corrected chi connectivity index (χ0v) is 14.1. The van der Waals surface area contributed by atoms with Crippen LogP contribution in [-0.4, -0.2) is 25.8 Å². The Morgan fingerprint density at radius 3 is 2.21 bits per heavy atom. The summed E-state index contributed by atoms with van der Waals surface area (Å²) in [7, 11) is 0. The Bertz CT molecular complexity index is 1140. The number of carbonyl (C=O) groups is 1. The van der Waals surface area contributed by atoms with Gasteiger partial charge in [-0.05, 0) is 17.7 Å². The molecule has 2 aromatic heterocycles. The number of carbonyl (C=O) groups excluding carboxylic acids is 1. The van der Waals surface area contributed by atoms with Gasteiger partial charge in [-0.2, -0.15) is 17.7 Å². The molecule has 6 nitrogen and oxygen atoms in total. The van der Waals surface area contributed by atoms with Gasteiger partial charge in [0.15, 0.2) is 5.65 Å². The summed E-state index contributed by atoms with van der Waals surface area (Å²) in [5.74, 6) is -2.35. The molecular formula is C19H11F3N4O2. The maximum absolute atomic E-state index is 13.3. The summed E-state index contributed by atoms with van der Waals surface area (Å²) < 4.78 is 45.6. The molecule has 0 unspecified atom stereocenters. The number of alkyl halides is 3. The molecule has 0 atom stereocenters. The first-order valence-electron chi connectivity index (χ1n) is 8.10. The van der Waals surface area contributed by atoms with E-state index in [9.17, 15) is 18.0 Å². The summed E-state index contributed by atoms with van der Waals surface area (Å²) in [6.45, 7) is 0. The fraction of sp³-hybridized carbons (Fsp3) is 0.0526. The fourth-order valence-electron chi connectivity index (χ4n) is 2.64. The lowest BCUT2D eigenvalue weighted by atomic mass is 10.1. The van der Waals surface area contributed by atoms with Gasteiger partial charge in [-0.15, -0.1) is 15.3 Å².